The molecular formula is C15H21N3OS. The second kappa shape index (κ2) is 5.79. The zero-order chi connectivity index (χ0) is 14.8. The predicted molar refractivity (Wildman–Crippen MR) is 85.9 cm³/mol. The first-order chi connectivity index (χ1) is 9.40. The van der Waals surface area contributed by atoms with Gasteiger partial charge in [0.25, 0.3) is 0 Å². The van der Waals surface area contributed by atoms with Crippen LogP contribution in [0.15, 0.2) is 24.3 Å². The molecule has 5 heteroatoms. The third-order valence-electron chi connectivity index (χ3n) is 4.02. The summed E-state index contributed by atoms with van der Waals surface area (Å²) in [6.45, 7) is 5.45. The van der Waals surface area contributed by atoms with Crippen molar-refractivity contribution in [1.82, 2.24) is 4.90 Å². The third kappa shape index (κ3) is 3.28. The van der Waals surface area contributed by atoms with Crippen molar-refractivity contribution in [2.45, 2.75) is 26.7 Å². The number of nitrogens with zero attached hydrogens (tertiary/aromatic N) is 1. The van der Waals surface area contributed by atoms with Crippen LogP contribution < -0.4 is 11.1 Å². The highest BCUT2D eigenvalue weighted by Gasteiger charge is 2.34. The molecule has 1 fully saturated rings. The van der Waals surface area contributed by atoms with Crippen LogP contribution in [0.3, 0.4) is 0 Å². The number of likely N-dealkylation sites (tertiary alicyclic amines) is 1. The number of hydrogen-bond donors (Lipinski definition) is 2. The van der Waals surface area contributed by atoms with E-state index in [1.54, 1.807) is 0 Å². The van der Waals surface area contributed by atoms with E-state index in [-0.39, 0.29) is 11.4 Å². The maximum absolute atomic E-state index is 12.2. The van der Waals surface area contributed by atoms with Crippen LogP contribution in [0, 0.1) is 12.3 Å². The number of rotatable bonds is 2. The second-order valence-electron chi connectivity index (χ2n) is 5.71. The number of amides is 2. The summed E-state index contributed by atoms with van der Waals surface area (Å²) in [5, 5.41) is 2.93. The van der Waals surface area contributed by atoms with Gasteiger partial charge in [0.1, 0.15) is 0 Å². The summed E-state index contributed by atoms with van der Waals surface area (Å²) in [6, 6.07) is 7.74. The van der Waals surface area contributed by atoms with E-state index in [9.17, 15) is 4.79 Å². The molecule has 4 nitrogen and oxygen atoms in total. The summed E-state index contributed by atoms with van der Waals surface area (Å²) in [5.41, 5.74) is 7.62. The molecule has 0 radical (unpaired) electrons. The Morgan fingerprint density at radius 3 is 2.60 bits per heavy atom. The largest absolute Gasteiger partial charge is 0.393 e. The first-order valence-electron chi connectivity index (χ1n) is 6.83. The summed E-state index contributed by atoms with van der Waals surface area (Å²) < 4.78 is 0. The number of urea groups is 1. The van der Waals surface area contributed by atoms with Gasteiger partial charge < -0.3 is 16.0 Å². The zero-order valence-electron chi connectivity index (χ0n) is 12.0. The molecule has 108 valence electrons. The SMILES string of the molecule is Cc1cccc(NC(=O)N2CCC(C)(C(N)=S)CC2)c1. The van der Waals surface area contributed by atoms with Gasteiger partial charge >= 0.3 is 6.03 Å². The topological polar surface area (TPSA) is 58.4 Å². The van der Waals surface area contributed by atoms with Crippen LogP contribution in [0.1, 0.15) is 25.3 Å². The van der Waals surface area contributed by atoms with Gasteiger partial charge in [-0.05, 0) is 37.5 Å². The lowest BCUT2D eigenvalue weighted by atomic mass is 9.80. The van der Waals surface area contributed by atoms with Gasteiger partial charge in [-0.3, -0.25) is 0 Å². The van der Waals surface area contributed by atoms with Gasteiger partial charge in [0.05, 0.1) is 4.99 Å². The highest BCUT2D eigenvalue weighted by Crippen LogP contribution is 2.31. The fraction of sp³-hybridized carbons (Fsp3) is 0.467. The lowest BCUT2D eigenvalue weighted by Gasteiger charge is -2.38. The quantitative estimate of drug-likeness (QED) is 0.824. The van der Waals surface area contributed by atoms with Crippen molar-refractivity contribution in [2.24, 2.45) is 11.1 Å². The molecule has 0 spiro atoms. The van der Waals surface area contributed by atoms with Gasteiger partial charge in [0, 0.05) is 24.2 Å². The number of hydrogen-bond acceptors (Lipinski definition) is 2. The van der Waals surface area contributed by atoms with Gasteiger partial charge in [-0.25, -0.2) is 4.79 Å². The van der Waals surface area contributed by atoms with Crippen molar-refractivity contribution in [1.29, 1.82) is 0 Å². The number of carbonyl (C=O) groups excluding carboxylic acids is 1. The van der Waals surface area contributed by atoms with E-state index < -0.39 is 0 Å². The number of thiocarbonyl (C=S) groups is 1. The normalized spacial score (nSPS) is 17.6. The summed E-state index contributed by atoms with van der Waals surface area (Å²) in [5.74, 6) is 0. The van der Waals surface area contributed by atoms with Crippen LogP contribution in [0.5, 0.6) is 0 Å². The Balaban J connectivity index is 1.94. The second-order valence-corrected chi connectivity index (χ2v) is 6.15. The maximum Gasteiger partial charge on any atom is 0.321 e. The molecule has 2 rings (SSSR count). The number of aryl methyl sites for hydroxylation is 1. The number of carbonyl (C=O) groups is 1. The molecule has 0 bridgehead atoms. The van der Waals surface area contributed by atoms with Crippen molar-refractivity contribution in [3.63, 3.8) is 0 Å². The number of nitrogens with one attached hydrogen (secondary N) is 1. The Kier molecular flexibility index (Phi) is 4.28. The monoisotopic (exact) mass is 291 g/mol. The predicted octanol–water partition coefficient (Wildman–Crippen LogP) is 2.92. The van der Waals surface area contributed by atoms with Crippen LogP contribution in [-0.4, -0.2) is 29.0 Å². The lowest BCUT2D eigenvalue weighted by molar-refractivity contribution is 0.171. The van der Waals surface area contributed by atoms with Crippen molar-refractivity contribution < 1.29 is 4.79 Å². The summed E-state index contributed by atoms with van der Waals surface area (Å²) >= 11 is 5.11. The molecule has 1 aliphatic heterocycles. The molecule has 1 saturated heterocycles. The third-order valence-corrected chi connectivity index (χ3v) is 4.51. The van der Waals surface area contributed by atoms with Crippen molar-refractivity contribution >= 4 is 28.9 Å². The molecule has 0 unspecified atom stereocenters. The summed E-state index contributed by atoms with van der Waals surface area (Å²) in [6.07, 6.45) is 1.65. The van der Waals surface area contributed by atoms with Gasteiger partial charge in [0.15, 0.2) is 0 Å². The fourth-order valence-corrected chi connectivity index (χ4v) is 2.58. The summed E-state index contributed by atoms with van der Waals surface area (Å²) in [4.78, 5) is 14.6. The molecule has 20 heavy (non-hydrogen) atoms. The highest BCUT2D eigenvalue weighted by atomic mass is 32.1. The Hall–Kier alpha value is -1.62. The number of nitrogens with two attached hydrogens (primary N) is 1. The molecule has 3 N–H and O–H groups in total. The van der Waals surface area contributed by atoms with Crippen molar-refractivity contribution in [2.75, 3.05) is 18.4 Å². The Morgan fingerprint density at radius 2 is 2.05 bits per heavy atom. The van der Waals surface area contributed by atoms with Crippen LogP contribution in [0.25, 0.3) is 0 Å². The average molecular weight is 291 g/mol. The minimum Gasteiger partial charge on any atom is -0.393 e. The first-order valence-corrected chi connectivity index (χ1v) is 7.24. The first kappa shape index (κ1) is 14.8. The molecule has 1 aromatic rings. The lowest BCUT2D eigenvalue weighted by Crippen LogP contribution is -2.47. The molecule has 0 aliphatic carbocycles. The number of piperidine rings is 1. The standard InChI is InChI=1S/C15H21N3OS/c1-11-4-3-5-12(10-11)17-14(19)18-8-6-15(2,7-9-18)13(16)20/h3-5,10H,6-9H2,1-2H3,(H2,16,20)(H,17,19). The number of benzene rings is 1. The van der Waals surface area contributed by atoms with Gasteiger partial charge in [0.2, 0.25) is 0 Å². The number of anilines is 1. The maximum atomic E-state index is 12.2. The molecular weight excluding hydrogens is 270 g/mol. The molecule has 1 aromatic carbocycles. The van der Waals surface area contributed by atoms with Crippen LogP contribution >= 0.6 is 12.2 Å². The average Bonchev–Trinajstić information content (AvgIpc) is 2.39. The van der Waals surface area contributed by atoms with Crippen molar-refractivity contribution in [3.8, 4) is 0 Å². The molecule has 1 aliphatic rings. The van der Waals surface area contributed by atoms with Crippen LogP contribution in [-0.2, 0) is 0 Å². The minimum atomic E-state index is -0.116. The Bertz CT molecular complexity index is 522. The molecule has 2 amide bonds. The van der Waals surface area contributed by atoms with E-state index in [0.717, 1.165) is 24.1 Å². The zero-order valence-corrected chi connectivity index (χ0v) is 12.8. The smallest absolute Gasteiger partial charge is 0.321 e. The van der Waals surface area contributed by atoms with E-state index >= 15 is 0 Å². The van der Waals surface area contributed by atoms with E-state index in [1.807, 2.05) is 36.1 Å². The van der Waals surface area contributed by atoms with Crippen LogP contribution in [0.4, 0.5) is 10.5 Å². The van der Waals surface area contributed by atoms with E-state index in [0.29, 0.717) is 18.1 Å². The van der Waals surface area contributed by atoms with Gasteiger partial charge in [-0.15, -0.1) is 0 Å². The van der Waals surface area contributed by atoms with E-state index in [2.05, 4.69) is 12.2 Å². The van der Waals surface area contributed by atoms with E-state index in [1.165, 1.54) is 0 Å². The summed E-state index contributed by atoms with van der Waals surface area (Å²) in [7, 11) is 0. The minimum absolute atomic E-state index is 0.0550. The molecule has 0 atom stereocenters. The molecule has 0 saturated carbocycles. The van der Waals surface area contributed by atoms with Gasteiger partial charge in [-0.1, -0.05) is 31.3 Å². The van der Waals surface area contributed by atoms with Crippen molar-refractivity contribution in [3.05, 3.63) is 29.8 Å². The van der Waals surface area contributed by atoms with E-state index in [4.69, 9.17) is 18.0 Å². The molecule has 1 heterocycles. The Labute approximate surface area is 125 Å². The van der Waals surface area contributed by atoms with Crippen LogP contribution in [0.2, 0.25) is 0 Å². The molecule has 0 aromatic heterocycles. The Morgan fingerprint density at radius 1 is 1.40 bits per heavy atom. The van der Waals surface area contributed by atoms with Gasteiger partial charge in [-0.2, -0.15) is 0 Å². The highest BCUT2D eigenvalue weighted by molar-refractivity contribution is 7.80. The fourth-order valence-electron chi connectivity index (χ4n) is 2.38.